The second-order valence-corrected chi connectivity index (χ2v) is 7.38. The van der Waals surface area contributed by atoms with Gasteiger partial charge in [-0.25, -0.2) is 0 Å². The van der Waals surface area contributed by atoms with Gasteiger partial charge in [0.2, 0.25) is 0 Å². The molecule has 4 heteroatoms. The van der Waals surface area contributed by atoms with Crippen molar-refractivity contribution in [3.8, 4) is 11.5 Å². The van der Waals surface area contributed by atoms with Gasteiger partial charge >= 0.3 is 0 Å². The van der Waals surface area contributed by atoms with Gasteiger partial charge < -0.3 is 9.84 Å². The van der Waals surface area contributed by atoms with Crippen LogP contribution in [0.3, 0.4) is 0 Å². The highest BCUT2D eigenvalue weighted by Gasteiger charge is 2.23. The quantitative estimate of drug-likeness (QED) is 0.645. The predicted octanol–water partition coefficient (Wildman–Crippen LogP) is 5.76. The Kier molecular flexibility index (Phi) is 4.67. The highest BCUT2D eigenvalue weighted by atomic mass is 32.2. The van der Waals surface area contributed by atoms with Crippen LogP contribution in [0.4, 0.5) is 5.69 Å². The molecular formula is C22H19NO2S. The molecule has 1 atom stereocenters. The summed E-state index contributed by atoms with van der Waals surface area (Å²) in [6.07, 6.45) is 0.726. The molecule has 26 heavy (non-hydrogen) atoms. The first-order chi connectivity index (χ1) is 12.7. The van der Waals surface area contributed by atoms with E-state index in [0.29, 0.717) is 0 Å². The Balaban J connectivity index is 1.81. The highest BCUT2D eigenvalue weighted by molar-refractivity contribution is 7.99. The summed E-state index contributed by atoms with van der Waals surface area (Å²) in [6, 6.07) is 23.7. The summed E-state index contributed by atoms with van der Waals surface area (Å²) in [5, 5.41) is 10.5. The van der Waals surface area contributed by atoms with Crippen LogP contribution in [0.2, 0.25) is 0 Å². The van der Waals surface area contributed by atoms with Crippen LogP contribution in [0.5, 0.6) is 11.5 Å². The fourth-order valence-electron chi connectivity index (χ4n) is 3.13. The number of para-hydroxylation sites is 2. The fourth-order valence-corrected chi connectivity index (χ4v) is 4.35. The number of thioether (sulfide) groups is 1. The van der Waals surface area contributed by atoms with Gasteiger partial charge in [-0.05, 0) is 42.0 Å². The van der Waals surface area contributed by atoms with E-state index in [2.05, 4.69) is 18.2 Å². The van der Waals surface area contributed by atoms with E-state index in [1.807, 2.05) is 48.5 Å². The topological polar surface area (TPSA) is 41.8 Å². The van der Waals surface area contributed by atoms with E-state index >= 15 is 0 Å². The molecule has 3 aromatic rings. The summed E-state index contributed by atoms with van der Waals surface area (Å²) >= 11 is 1.80. The second kappa shape index (κ2) is 7.26. The summed E-state index contributed by atoms with van der Waals surface area (Å²) in [5.41, 5.74) is 3.82. The van der Waals surface area contributed by atoms with Crippen molar-refractivity contribution in [3.05, 3.63) is 83.9 Å². The van der Waals surface area contributed by atoms with E-state index < -0.39 is 0 Å². The molecule has 1 aliphatic rings. The van der Waals surface area contributed by atoms with Crippen LogP contribution < -0.4 is 4.74 Å². The lowest BCUT2D eigenvalue weighted by Gasteiger charge is -2.17. The first-order valence-electron chi connectivity index (χ1n) is 8.50. The maximum Gasteiger partial charge on any atom is 0.124 e. The van der Waals surface area contributed by atoms with Crippen molar-refractivity contribution in [2.75, 3.05) is 7.11 Å². The largest absolute Gasteiger partial charge is 0.507 e. The normalized spacial score (nSPS) is 16.3. The summed E-state index contributed by atoms with van der Waals surface area (Å²) < 4.78 is 5.40. The van der Waals surface area contributed by atoms with Gasteiger partial charge in [-0.15, -0.1) is 11.8 Å². The number of nitrogens with zero attached hydrogens (tertiary/aromatic N) is 1. The smallest absolute Gasteiger partial charge is 0.124 e. The Morgan fingerprint density at radius 1 is 1.00 bits per heavy atom. The van der Waals surface area contributed by atoms with Gasteiger partial charge in [-0.3, -0.25) is 4.99 Å². The standard InChI is InChI=1S/C22H19NO2S/c1-25-16-8-6-7-15(13-16)22-14-19(17-9-2-4-11-20(17)24)23-18-10-3-5-12-21(18)26-22/h2-13,22,24H,14H2,1H3/t22-/m1/s1. The fraction of sp³-hybridized carbons (Fsp3) is 0.136. The van der Waals surface area contributed by atoms with Crippen molar-refractivity contribution in [1.82, 2.24) is 0 Å². The second-order valence-electron chi connectivity index (χ2n) is 6.13. The molecule has 0 aliphatic carbocycles. The lowest BCUT2D eigenvalue weighted by Crippen LogP contribution is -2.06. The zero-order valence-corrected chi connectivity index (χ0v) is 15.2. The highest BCUT2D eigenvalue weighted by Crippen LogP contribution is 2.46. The summed E-state index contributed by atoms with van der Waals surface area (Å²) in [4.78, 5) is 6.04. The van der Waals surface area contributed by atoms with Crippen molar-refractivity contribution < 1.29 is 9.84 Å². The molecule has 0 amide bonds. The van der Waals surface area contributed by atoms with E-state index in [1.54, 1.807) is 24.9 Å². The number of benzene rings is 3. The third-order valence-electron chi connectivity index (χ3n) is 4.45. The van der Waals surface area contributed by atoms with Crippen LogP contribution >= 0.6 is 11.8 Å². The molecule has 0 unspecified atom stereocenters. The molecule has 0 saturated heterocycles. The van der Waals surface area contributed by atoms with Gasteiger partial charge in [0.05, 0.1) is 18.5 Å². The molecular weight excluding hydrogens is 342 g/mol. The van der Waals surface area contributed by atoms with Gasteiger partial charge in [0, 0.05) is 22.1 Å². The number of hydrogen-bond donors (Lipinski definition) is 1. The molecule has 4 rings (SSSR count). The van der Waals surface area contributed by atoms with Gasteiger partial charge in [0.15, 0.2) is 0 Å². The van der Waals surface area contributed by atoms with Crippen LogP contribution in [0.1, 0.15) is 22.8 Å². The molecule has 130 valence electrons. The third-order valence-corrected chi connectivity index (χ3v) is 5.77. The maximum absolute atomic E-state index is 10.3. The minimum atomic E-state index is 0.187. The Hall–Kier alpha value is -2.72. The monoisotopic (exact) mass is 361 g/mol. The van der Waals surface area contributed by atoms with Gasteiger partial charge in [-0.1, -0.05) is 36.4 Å². The van der Waals surface area contributed by atoms with Crippen molar-refractivity contribution in [2.24, 2.45) is 4.99 Å². The molecule has 3 aromatic carbocycles. The number of phenols is 1. The number of aliphatic imine (C=N–C) groups is 1. The Labute approximate surface area is 157 Å². The molecule has 1 heterocycles. The van der Waals surface area contributed by atoms with Gasteiger partial charge in [-0.2, -0.15) is 0 Å². The lowest BCUT2D eigenvalue weighted by molar-refractivity contribution is 0.414. The SMILES string of the molecule is COc1cccc([C@H]2CC(c3ccccc3O)=Nc3ccccc3S2)c1. The van der Waals surface area contributed by atoms with Crippen LogP contribution in [0.15, 0.2) is 82.7 Å². The average Bonchev–Trinajstić information content (AvgIpc) is 2.88. The summed E-state index contributed by atoms with van der Waals surface area (Å²) in [6.45, 7) is 0. The number of phenolic OH excluding ortho intramolecular Hbond substituents is 1. The van der Waals surface area contributed by atoms with E-state index in [0.717, 1.165) is 34.0 Å². The van der Waals surface area contributed by atoms with Gasteiger partial charge in [0.25, 0.3) is 0 Å². The molecule has 0 fully saturated rings. The summed E-state index contributed by atoms with van der Waals surface area (Å²) in [5.74, 6) is 1.11. The molecule has 0 radical (unpaired) electrons. The van der Waals surface area contributed by atoms with Crippen molar-refractivity contribution in [1.29, 1.82) is 0 Å². The molecule has 0 aromatic heterocycles. The molecule has 1 N–H and O–H groups in total. The van der Waals surface area contributed by atoms with E-state index in [9.17, 15) is 5.11 Å². The van der Waals surface area contributed by atoms with Crippen molar-refractivity contribution >= 4 is 23.2 Å². The minimum absolute atomic E-state index is 0.187. The molecule has 0 bridgehead atoms. The molecule has 0 saturated carbocycles. The van der Waals surface area contributed by atoms with Crippen LogP contribution in [0.25, 0.3) is 0 Å². The molecule has 3 nitrogen and oxygen atoms in total. The number of methoxy groups -OCH3 is 1. The first kappa shape index (κ1) is 16.7. The van der Waals surface area contributed by atoms with Crippen LogP contribution in [-0.2, 0) is 0 Å². The third kappa shape index (κ3) is 3.33. The van der Waals surface area contributed by atoms with Crippen LogP contribution in [0, 0.1) is 0 Å². The van der Waals surface area contributed by atoms with Crippen molar-refractivity contribution in [2.45, 2.75) is 16.6 Å². The van der Waals surface area contributed by atoms with E-state index in [4.69, 9.17) is 9.73 Å². The first-order valence-corrected chi connectivity index (χ1v) is 9.38. The minimum Gasteiger partial charge on any atom is -0.507 e. The number of ether oxygens (including phenoxy) is 1. The maximum atomic E-state index is 10.3. The average molecular weight is 361 g/mol. The van der Waals surface area contributed by atoms with Crippen molar-refractivity contribution in [3.63, 3.8) is 0 Å². The lowest BCUT2D eigenvalue weighted by atomic mass is 10.0. The number of fused-ring (bicyclic) bond motifs is 1. The van der Waals surface area contributed by atoms with E-state index in [1.165, 1.54) is 5.56 Å². The molecule has 0 spiro atoms. The number of rotatable bonds is 3. The summed E-state index contributed by atoms with van der Waals surface area (Å²) in [7, 11) is 1.68. The number of aromatic hydroxyl groups is 1. The number of hydrogen-bond acceptors (Lipinski definition) is 4. The Morgan fingerprint density at radius 2 is 1.81 bits per heavy atom. The molecule has 1 aliphatic heterocycles. The zero-order chi connectivity index (χ0) is 17.9. The Morgan fingerprint density at radius 3 is 2.65 bits per heavy atom. The van der Waals surface area contributed by atoms with Gasteiger partial charge in [0.1, 0.15) is 11.5 Å². The predicted molar refractivity (Wildman–Crippen MR) is 107 cm³/mol. The Bertz CT molecular complexity index is 968. The zero-order valence-electron chi connectivity index (χ0n) is 14.4. The van der Waals surface area contributed by atoms with Crippen LogP contribution in [-0.4, -0.2) is 17.9 Å². The van der Waals surface area contributed by atoms with E-state index in [-0.39, 0.29) is 11.0 Å².